The van der Waals surface area contributed by atoms with Crippen LogP contribution in [0.15, 0.2) is 5.38 Å². The van der Waals surface area contributed by atoms with Crippen LogP contribution >= 0.6 is 11.3 Å². The zero-order valence-corrected chi connectivity index (χ0v) is 9.76. The number of aryl methyl sites for hydroxylation is 1. The van der Waals surface area contributed by atoms with Gasteiger partial charge in [0, 0.05) is 5.38 Å². The molecule has 1 fully saturated rings. The van der Waals surface area contributed by atoms with Gasteiger partial charge in [-0.2, -0.15) is 0 Å². The van der Waals surface area contributed by atoms with Crippen molar-refractivity contribution in [1.82, 2.24) is 15.6 Å². The molecule has 1 saturated heterocycles. The van der Waals surface area contributed by atoms with Crippen LogP contribution in [0.3, 0.4) is 0 Å². The Hall–Kier alpha value is -1.96. The number of nitrogens with one attached hydrogen (secondary N) is 3. The van der Waals surface area contributed by atoms with Crippen LogP contribution < -0.4 is 16.0 Å². The van der Waals surface area contributed by atoms with Crippen LogP contribution in [0.4, 0.5) is 9.93 Å². The smallest absolute Gasteiger partial charge is 0.322 e. The van der Waals surface area contributed by atoms with Gasteiger partial charge in [0.05, 0.1) is 12.1 Å². The summed E-state index contributed by atoms with van der Waals surface area (Å²) in [5, 5.41) is 9.26. The number of nitrogens with zero attached hydrogens (tertiary/aromatic N) is 1. The second kappa shape index (κ2) is 4.50. The van der Waals surface area contributed by atoms with Gasteiger partial charge in [-0.15, -0.1) is 11.3 Å². The van der Waals surface area contributed by atoms with E-state index in [9.17, 15) is 14.4 Å². The van der Waals surface area contributed by atoms with Crippen molar-refractivity contribution in [2.45, 2.75) is 19.4 Å². The predicted molar refractivity (Wildman–Crippen MR) is 60.6 cm³/mol. The minimum absolute atomic E-state index is 0.101. The predicted octanol–water partition coefficient (Wildman–Crippen LogP) is -0.0119. The van der Waals surface area contributed by atoms with Crippen molar-refractivity contribution in [2.75, 3.05) is 5.32 Å². The summed E-state index contributed by atoms with van der Waals surface area (Å²) in [6.07, 6.45) is -0.101. The van der Waals surface area contributed by atoms with Crippen molar-refractivity contribution in [3.63, 3.8) is 0 Å². The standard InChI is InChI=1S/C9H10N4O3S/c1-4-3-17-9(10-4)12-6(14)2-5-7(15)13-8(16)11-5/h3,5H,2H2,1H3,(H,10,12,14)(H2,11,13,15,16)/t5-/m1/s1. The number of imide groups is 1. The van der Waals surface area contributed by atoms with Crippen LogP contribution in [0, 0.1) is 6.92 Å². The fraction of sp³-hybridized carbons (Fsp3) is 0.333. The molecule has 0 radical (unpaired) electrons. The number of amides is 4. The Balaban J connectivity index is 1.89. The van der Waals surface area contributed by atoms with Crippen molar-refractivity contribution >= 4 is 34.3 Å². The molecule has 1 aliphatic rings. The van der Waals surface area contributed by atoms with Gasteiger partial charge in [0.1, 0.15) is 6.04 Å². The SMILES string of the molecule is Cc1csc(NC(=O)C[C@H]2NC(=O)NC2=O)n1. The Morgan fingerprint density at radius 2 is 2.35 bits per heavy atom. The van der Waals surface area contributed by atoms with Gasteiger partial charge in [0.25, 0.3) is 5.91 Å². The number of hydrogen-bond donors (Lipinski definition) is 3. The summed E-state index contributed by atoms with van der Waals surface area (Å²) in [5.41, 5.74) is 0.817. The molecule has 0 spiro atoms. The van der Waals surface area contributed by atoms with Crippen LogP contribution in [-0.4, -0.2) is 28.9 Å². The van der Waals surface area contributed by atoms with E-state index in [0.29, 0.717) is 5.13 Å². The van der Waals surface area contributed by atoms with Crippen molar-refractivity contribution in [1.29, 1.82) is 0 Å². The number of aromatic nitrogens is 1. The van der Waals surface area contributed by atoms with E-state index in [1.165, 1.54) is 11.3 Å². The monoisotopic (exact) mass is 254 g/mol. The van der Waals surface area contributed by atoms with Crippen molar-refractivity contribution in [3.8, 4) is 0 Å². The third kappa shape index (κ3) is 2.78. The molecular formula is C9H10N4O3S. The van der Waals surface area contributed by atoms with E-state index in [1.54, 1.807) is 5.38 Å². The maximum atomic E-state index is 11.6. The molecular weight excluding hydrogens is 244 g/mol. The summed E-state index contributed by atoms with van der Waals surface area (Å²) in [4.78, 5) is 37.6. The average Bonchev–Trinajstić information content (AvgIpc) is 2.74. The molecule has 1 aliphatic heterocycles. The lowest BCUT2D eigenvalue weighted by Gasteiger charge is -2.05. The van der Waals surface area contributed by atoms with Gasteiger partial charge in [-0.1, -0.05) is 0 Å². The van der Waals surface area contributed by atoms with Gasteiger partial charge >= 0.3 is 6.03 Å². The van der Waals surface area contributed by atoms with E-state index in [4.69, 9.17) is 0 Å². The zero-order chi connectivity index (χ0) is 12.4. The lowest BCUT2D eigenvalue weighted by Crippen LogP contribution is -2.33. The molecule has 0 aliphatic carbocycles. The first-order chi connectivity index (χ1) is 8.04. The second-order valence-electron chi connectivity index (χ2n) is 3.56. The Labute approximate surface area is 101 Å². The van der Waals surface area contributed by atoms with Crippen molar-refractivity contribution in [2.24, 2.45) is 0 Å². The molecule has 2 heterocycles. The van der Waals surface area contributed by atoms with Crippen LogP contribution in [0.2, 0.25) is 0 Å². The third-order valence-corrected chi connectivity index (χ3v) is 2.99. The van der Waals surface area contributed by atoms with Gasteiger partial charge in [-0.3, -0.25) is 14.9 Å². The lowest BCUT2D eigenvalue weighted by molar-refractivity contribution is -0.124. The lowest BCUT2D eigenvalue weighted by atomic mass is 10.2. The van der Waals surface area contributed by atoms with Gasteiger partial charge in [0.15, 0.2) is 5.13 Å². The van der Waals surface area contributed by atoms with Crippen LogP contribution in [0.5, 0.6) is 0 Å². The van der Waals surface area contributed by atoms with E-state index in [2.05, 4.69) is 20.9 Å². The summed E-state index contributed by atoms with van der Waals surface area (Å²) in [6.45, 7) is 1.82. The molecule has 4 amide bonds. The molecule has 8 heteroatoms. The number of carbonyl (C=O) groups is 3. The second-order valence-corrected chi connectivity index (χ2v) is 4.42. The molecule has 2 rings (SSSR count). The molecule has 0 aromatic carbocycles. The summed E-state index contributed by atoms with van der Waals surface area (Å²) < 4.78 is 0. The highest BCUT2D eigenvalue weighted by Gasteiger charge is 2.31. The number of rotatable bonds is 3. The highest BCUT2D eigenvalue weighted by molar-refractivity contribution is 7.13. The molecule has 0 saturated carbocycles. The van der Waals surface area contributed by atoms with Crippen LogP contribution in [-0.2, 0) is 9.59 Å². The van der Waals surface area contributed by atoms with E-state index in [1.807, 2.05) is 6.92 Å². The highest BCUT2D eigenvalue weighted by atomic mass is 32.1. The van der Waals surface area contributed by atoms with Gasteiger partial charge in [-0.25, -0.2) is 9.78 Å². The molecule has 1 atom stereocenters. The third-order valence-electron chi connectivity index (χ3n) is 2.11. The Kier molecular flexibility index (Phi) is 3.05. The molecule has 90 valence electrons. The molecule has 3 N–H and O–H groups in total. The van der Waals surface area contributed by atoms with Gasteiger partial charge in [-0.05, 0) is 6.92 Å². The summed E-state index contributed by atoms with van der Waals surface area (Å²) in [7, 11) is 0. The molecule has 1 aromatic rings. The fourth-order valence-electron chi connectivity index (χ4n) is 1.37. The average molecular weight is 254 g/mol. The van der Waals surface area contributed by atoms with E-state index < -0.39 is 18.0 Å². The van der Waals surface area contributed by atoms with E-state index in [-0.39, 0.29) is 12.3 Å². The summed E-state index contributed by atoms with van der Waals surface area (Å²) in [5.74, 6) is -0.845. The molecule has 1 aromatic heterocycles. The first-order valence-electron chi connectivity index (χ1n) is 4.88. The van der Waals surface area contributed by atoms with Gasteiger partial charge in [0.2, 0.25) is 5.91 Å². The van der Waals surface area contributed by atoms with Crippen LogP contribution in [0.25, 0.3) is 0 Å². The Morgan fingerprint density at radius 3 is 2.88 bits per heavy atom. The quantitative estimate of drug-likeness (QED) is 0.660. The molecule has 17 heavy (non-hydrogen) atoms. The van der Waals surface area contributed by atoms with Crippen molar-refractivity contribution < 1.29 is 14.4 Å². The van der Waals surface area contributed by atoms with E-state index in [0.717, 1.165) is 5.69 Å². The topological polar surface area (TPSA) is 100 Å². The number of urea groups is 1. The minimum atomic E-state index is -0.802. The maximum absolute atomic E-state index is 11.6. The maximum Gasteiger partial charge on any atom is 0.322 e. The summed E-state index contributed by atoms with van der Waals surface area (Å²) >= 11 is 1.31. The van der Waals surface area contributed by atoms with Gasteiger partial charge < -0.3 is 10.6 Å². The Bertz CT molecular complexity index is 484. The largest absolute Gasteiger partial charge is 0.325 e. The van der Waals surface area contributed by atoms with Crippen LogP contribution in [0.1, 0.15) is 12.1 Å². The zero-order valence-electron chi connectivity index (χ0n) is 8.94. The molecule has 0 bridgehead atoms. The molecule has 0 unspecified atom stereocenters. The number of hydrogen-bond acceptors (Lipinski definition) is 5. The normalized spacial score (nSPS) is 18.8. The highest BCUT2D eigenvalue weighted by Crippen LogP contribution is 2.14. The molecule has 7 nitrogen and oxygen atoms in total. The van der Waals surface area contributed by atoms with E-state index >= 15 is 0 Å². The minimum Gasteiger partial charge on any atom is -0.325 e. The first kappa shape index (κ1) is 11.5. The summed E-state index contributed by atoms with van der Waals surface area (Å²) in [6, 6.07) is -1.37. The Morgan fingerprint density at radius 1 is 1.59 bits per heavy atom. The number of carbonyl (C=O) groups excluding carboxylic acids is 3. The fourth-order valence-corrected chi connectivity index (χ4v) is 2.07. The van der Waals surface area contributed by atoms with Crippen molar-refractivity contribution in [3.05, 3.63) is 11.1 Å². The number of anilines is 1. The first-order valence-corrected chi connectivity index (χ1v) is 5.76. The number of thiazole rings is 1.